The van der Waals surface area contributed by atoms with Crippen molar-refractivity contribution < 1.29 is 0 Å². The molecule has 17 heavy (non-hydrogen) atoms. The van der Waals surface area contributed by atoms with E-state index < -0.39 is 0 Å². The van der Waals surface area contributed by atoms with Crippen LogP contribution in [-0.4, -0.2) is 41.0 Å². The zero-order valence-electron chi connectivity index (χ0n) is 10.6. The van der Waals surface area contributed by atoms with E-state index in [1.54, 1.807) is 0 Å². The molecule has 94 valence electrons. The summed E-state index contributed by atoms with van der Waals surface area (Å²) in [7, 11) is 0. The number of nitrogens with zero attached hydrogens (tertiary/aromatic N) is 2. The fourth-order valence-corrected chi connectivity index (χ4v) is 3.29. The molecule has 3 heterocycles. The molecule has 0 radical (unpaired) electrons. The van der Waals surface area contributed by atoms with Crippen LogP contribution in [0.25, 0.3) is 0 Å². The van der Waals surface area contributed by atoms with Crippen molar-refractivity contribution in [3.05, 3.63) is 17.7 Å². The average Bonchev–Trinajstić information content (AvgIpc) is 2.89. The van der Waals surface area contributed by atoms with Crippen LogP contribution in [0.5, 0.6) is 0 Å². The molecule has 0 saturated carbocycles. The first-order valence-corrected chi connectivity index (χ1v) is 6.69. The minimum absolute atomic E-state index is 0.604. The summed E-state index contributed by atoms with van der Waals surface area (Å²) in [5, 5.41) is 3.47. The van der Waals surface area contributed by atoms with E-state index in [0.29, 0.717) is 5.41 Å². The summed E-state index contributed by atoms with van der Waals surface area (Å²) in [6.07, 6.45) is 5.99. The van der Waals surface area contributed by atoms with Gasteiger partial charge in [0.15, 0.2) is 0 Å². The van der Waals surface area contributed by atoms with Gasteiger partial charge in [-0.25, -0.2) is 4.98 Å². The minimum atomic E-state index is 0.604. The first-order chi connectivity index (χ1) is 8.26. The average molecular weight is 234 g/mol. The van der Waals surface area contributed by atoms with Gasteiger partial charge in [-0.1, -0.05) is 0 Å². The van der Waals surface area contributed by atoms with E-state index in [1.165, 1.54) is 45.4 Å². The number of likely N-dealkylation sites (tertiary alicyclic amines) is 1. The number of hydrogen-bond acceptors (Lipinski definition) is 3. The second-order valence-electron chi connectivity index (χ2n) is 5.72. The molecule has 2 N–H and O–H groups in total. The molecule has 4 nitrogen and oxygen atoms in total. The van der Waals surface area contributed by atoms with Crippen LogP contribution in [0, 0.1) is 12.3 Å². The lowest BCUT2D eigenvalue weighted by atomic mass is 9.78. The van der Waals surface area contributed by atoms with Gasteiger partial charge in [0.05, 0.1) is 6.54 Å². The highest BCUT2D eigenvalue weighted by atomic mass is 15.2. The highest BCUT2D eigenvalue weighted by Gasteiger charge is 2.38. The first-order valence-electron chi connectivity index (χ1n) is 6.69. The molecule has 0 unspecified atom stereocenters. The lowest BCUT2D eigenvalue weighted by Gasteiger charge is -2.33. The molecule has 2 aliphatic heterocycles. The maximum atomic E-state index is 4.40. The van der Waals surface area contributed by atoms with Gasteiger partial charge in [0, 0.05) is 18.4 Å². The van der Waals surface area contributed by atoms with Crippen LogP contribution in [0.4, 0.5) is 0 Å². The maximum Gasteiger partial charge on any atom is 0.120 e. The number of hydrogen-bond donors (Lipinski definition) is 2. The van der Waals surface area contributed by atoms with Crippen molar-refractivity contribution in [2.24, 2.45) is 5.41 Å². The molecular formula is C13H22N4. The lowest BCUT2D eigenvalue weighted by molar-refractivity contribution is 0.192. The Labute approximate surface area is 103 Å². The Balaban J connectivity index is 1.60. The highest BCUT2D eigenvalue weighted by Crippen LogP contribution is 2.38. The fraction of sp³-hybridized carbons (Fsp3) is 0.769. The van der Waals surface area contributed by atoms with Gasteiger partial charge in [-0.3, -0.25) is 4.90 Å². The normalized spacial score (nSPS) is 24.5. The standard InChI is InChI=1S/C13H22N4/c1-11-8-15-12(16-11)9-17-7-4-13(10-17)2-5-14-6-3-13/h8,14H,2-7,9-10H2,1H3,(H,15,16). The Hall–Kier alpha value is -0.870. The molecule has 1 spiro atoms. The van der Waals surface area contributed by atoms with Gasteiger partial charge in [0.2, 0.25) is 0 Å². The summed E-state index contributed by atoms with van der Waals surface area (Å²) < 4.78 is 0. The number of aromatic amines is 1. The molecule has 0 amide bonds. The highest BCUT2D eigenvalue weighted by molar-refractivity contribution is 5.00. The summed E-state index contributed by atoms with van der Waals surface area (Å²) >= 11 is 0. The minimum Gasteiger partial charge on any atom is -0.345 e. The van der Waals surface area contributed by atoms with Crippen LogP contribution in [0.2, 0.25) is 0 Å². The van der Waals surface area contributed by atoms with E-state index in [1.807, 2.05) is 6.20 Å². The van der Waals surface area contributed by atoms with Gasteiger partial charge in [-0.15, -0.1) is 0 Å². The number of nitrogens with one attached hydrogen (secondary N) is 2. The zero-order chi connectivity index (χ0) is 11.7. The van der Waals surface area contributed by atoms with E-state index in [-0.39, 0.29) is 0 Å². The van der Waals surface area contributed by atoms with Crippen LogP contribution in [0.3, 0.4) is 0 Å². The molecular weight excluding hydrogens is 212 g/mol. The third kappa shape index (κ3) is 2.38. The van der Waals surface area contributed by atoms with Crippen molar-refractivity contribution in [2.75, 3.05) is 26.2 Å². The van der Waals surface area contributed by atoms with Crippen LogP contribution >= 0.6 is 0 Å². The van der Waals surface area contributed by atoms with Crippen molar-refractivity contribution in [3.63, 3.8) is 0 Å². The van der Waals surface area contributed by atoms with E-state index in [4.69, 9.17) is 0 Å². The Kier molecular flexibility index (Phi) is 2.92. The second kappa shape index (κ2) is 4.42. The smallest absolute Gasteiger partial charge is 0.120 e. The number of aryl methyl sites for hydroxylation is 1. The van der Waals surface area contributed by atoms with Crippen molar-refractivity contribution in [1.29, 1.82) is 0 Å². The van der Waals surface area contributed by atoms with Crippen LogP contribution < -0.4 is 5.32 Å². The molecule has 1 aromatic rings. The summed E-state index contributed by atoms with van der Waals surface area (Å²) in [5.41, 5.74) is 1.77. The Bertz CT molecular complexity index is 379. The Morgan fingerprint density at radius 3 is 2.88 bits per heavy atom. The molecule has 3 rings (SSSR count). The molecule has 2 fully saturated rings. The fourth-order valence-electron chi connectivity index (χ4n) is 3.29. The summed E-state index contributed by atoms with van der Waals surface area (Å²) in [6, 6.07) is 0. The predicted octanol–water partition coefficient (Wildman–Crippen LogP) is 1.29. The first kappa shape index (κ1) is 11.2. The van der Waals surface area contributed by atoms with Gasteiger partial charge in [-0.2, -0.15) is 0 Å². The summed E-state index contributed by atoms with van der Waals surface area (Å²) in [4.78, 5) is 10.3. The van der Waals surface area contributed by atoms with Gasteiger partial charge >= 0.3 is 0 Å². The molecule has 0 aliphatic carbocycles. The number of rotatable bonds is 2. The van der Waals surface area contributed by atoms with E-state index in [2.05, 4.69) is 27.1 Å². The topological polar surface area (TPSA) is 44.0 Å². The number of aromatic nitrogens is 2. The van der Waals surface area contributed by atoms with Gasteiger partial charge in [-0.05, 0) is 51.2 Å². The number of H-pyrrole nitrogens is 1. The van der Waals surface area contributed by atoms with Gasteiger partial charge < -0.3 is 10.3 Å². The van der Waals surface area contributed by atoms with Crippen molar-refractivity contribution in [2.45, 2.75) is 32.7 Å². The molecule has 1 aromatic heterocycles. The van der Waals surface area contributed by atoms with E-state index in [0.717, 1.165) is 18.1 Å². The van der Waals surface area contributed by atoms with Crippen molar-refractivity contribution in [1.82, 2.24) is 20.2 Å². The zero-order valence-corrected chi connectivity index (χ0v) is 10.6. The largest absolute Gasteiger partial charge is 0.345 e. The summed E-state index contributed by atoms with van der Waals surface area (Å²) in [5.74, 6) is 1.12. The third-order valence-electron chi connectivity index (χ3n) is 4.31. The van der Waals surface area contributed by atoms with Gasteiger partial charge in [0.25, 0.3) is 0 Å². The molecule has 2 aliphatic rings. The Morgan fingerprint density at radius 2 is 2.18 bits per heavy atom. The van der Waals surface area contributed by atoms with E-state index >= 15 is 0 Å². The SMILES string of the molecule is Cc1cnc(CN2CCC3(CCNCC3)C2)[nH]1. The molecule has 2 saturated heterocycles. The number of piperidine rings is 1. The maximum absolute atomic E-state index is 4.40. The monoisotopic (exact) mass is 234 g/mol. The van der Waals surface area contributed by atoms with Crippen molar-refractivity contribution in [3.8, 4) is 0 Å². The van der Waals surface area contributed by atoms with Crippen LogP contribution in [-0.2, 0) is 6.54 Å². The molecule has 0 bridgehead atoms. The van der Waals surface area contributed by atoms with Crippen LogP contribution in [0.1, 0.15) is 30.8 Å². The van der Waals surface area contributed by atoms with Gasteiger partial charge in [0.1, 0.15) is 5.82 Å². The molecule has 0 aromatic carbocycles. The number of imidazole rings is 1. The summed E-state index contributed by atoms with van der Waals surface area (Å²) in [6.45, 7) is 7.95. The van der Waals surface area contributed by atoms with Crippen LogP contribution in [0.15, 0.2) is 6.20 Å². The molecule has 4 heteroatoms. The Morgan fingerprint density at radius 1 is 1.35 bits per heavy atom. The lowest BCUT2D eigenvalue weighted by Crippen LogP contribution is -2.38. The van der Waals surface area contributed by atoms with Crippen molar-refractivity contribution >= 4 is 0 Å². The molecule has 0 atom stereocenters. The predicted molar refractivity (Wildman–Crippen MR) is 67.8 cm³/mol. The quantitative estimate of drug-likeness (QED) is 0.810. The third-order valence-corrected chi connectivity index (χ3v) is 4.31. The second-order valence-corrected chi connectivity index (χ2v) is 5.72. The van der Waals surface area contributed by atoms with E-state index in [9.17, 15) is 0 Å².